The topological polar surface area (TPSA) is 64.3 Å². The van der Waals surface area contributed by atoms with Crippen molar-refractivity contribution in [1.29, 1.82) is 0 Å². The number of ether oxygens (including phenoxy) is 1. The summed E-state index contributed by atoms with van der Waals surface area (Å²) >= 11 is 0. The molecule has 0 fully saturated rings. The molecule has 0 aliphatic carbocycles. The highest BCUT2D eigenvalue weighted by Gasteiger charge is 2.13. The Morgan fingerprint density at radius 2 is 2.11 bits per heavy atom. The van der Waals surface area contributed by atoms with Crippen molar-refractivity contribution in [3.05, 3.63) is 29.6 Å². The number of carbonyl (C=O) groups is 1. The number of rotatable bonds is 5. The zero-order valence-electron chi connectivity index (χ0n) is 10.9. The number of likely N-dealkylation sites (N-methyl/N-ethyl adjacent to an activating group) is 1. The van der Waals surface area contributed by atoms with Gasteiger partial charge in [0.25, 0.3) is 5.91 Å². The first-order chi connectivity index (χ1) is 8.42. The lowest BCUT2D eigenvalue weighted by Gasteiger charge is -2.14. The van der Waals surface area contributed by atoms with Crippen LogP contribution in [-0.2, 0) is 11.2 Å². The minimum atomic E-state index is -0.667. The molecule has 0 spiro atoms. The Kier molecular flexibility index (Phi) is 5.09. The molecule has 2 atom stereocenters. The van der Waals surface area contributed by atoms with Crippen molar-refractivity contribution >= 4 is 5.91 Å². The average Bonchev–Trinajstić information content (AvgIpc) is 2.25. The van der Waals surface area contributed by atoms with Gasteiger partial charge in [-0.05, 0) is 38.0 Å². The fourth-order valence-electron chi connectivity index (χ4n) is 1.64. The molecule has 5 heteroatoms. The number of hydrogen-bond donors (Lipinski definition) is 2. The lowest BCUT2D eigenvalue weighted by atomic mass is 10.1. The van der Waals surface area contributed by atoms with E-state index in [1.165, 1.54) is 19.2 Å². The van der Waals surface area contributed by atoms with E-state index in [4.69, 9.17) is 10.5 Å². The molecule has 0 saturated heterocycles. The Labute approximate surface area is 106 Å². The van der Waals surface area contributed by atoms with Crippen LogP contribution in [-0.4, -0.2) is 25.1 Å². The van der Waals surface area contributed by atoms with Crippen LogP contribution < -0.4 is 15.8 Å². The van der Waals surface area contributed by atoms with Gasteiger partial charge >= 0.3 is 0 Å². The zero-order chi connectivity index (χ0) is 13.7. The number of nitrogens with one attached hydrogen (secondary N) is 1. The molecule has 0 radical (unpaired) electrons. The van der Waals surface area contributed by atoms with Gasteiger partial charge in [-0.1, -0.05) is 0 Å². The number of hydrogen-bond acceptors (Lipinski definition) is 3. The predicted molar refractivity (Wildman–Crippen MR) is 67.9 cm³/mol. The second kappa shape index (κ2) is 6.35. The molecule has 1 amide bonds. The first-order valence-electron chi connectivity index (χ1n) is 5.85. The van der Waals surface area contributed by atoms with E-state index in [0.717, 1.165) is 5.56 Å². The Hall–Kier alpha value is -1.62. The summed E-state index contributed by atoms with van der Waals surface area (Å²) in [5.41, 5.74) is 6.42. The molecule has 3 N–H and O–H groups in total. The summed E-state index contributed by atoms with van der Waals surface area (Å²) in [4.78, 5) is 11.3. The molecule has 0 bridgehead atoms. The standard InChI is InChI=1S/C13H19FN2O2/c1-8(15)4-10-5-11(14)7-12(6-10)18-9(2)13(17)16-3/h5-9H,4,15H2,1-3H3,(H,16,17). The van der Waals surface area contributed by atoms with Gasteiger partial charge in [-0.2, -0.15) is 0 Å². The number of benzene rings is 1. The van der Waals surface area contributed by atoms with E-state index >= 15 is 0 Å². The quantitative estimate of drug-likeness (QED) is 0.830. The first kappa shape index (κ1) is 14.4. The minimum Gasteiger partial charge on any atom is -0.481 e. The van der Waals surface area contributed by atoms with E-state index in [0.29, 0.717) is 12.2 Å². The van der Waals surface area contributed by atoms with Crippen LogP contribution in [0.1, 0.15) is 19.4 Å². The van der Waals surface area contributed by atoms with Gasteiger partial charge in [-0.25, -0.2) is 4.39 Å². The van der Waals surface area contributed by atoms with Crippen LogP contribution in [0.5, 0.6) is 5.75 Å². The molecule has 18 heavy (non-hydrogen) atoms. The third-order valence-corrected chi connectivity index (χ3v) is 2.42. The highest BCUT2D eigenvalue weighted by Crippen LogP contribution is 2.18. The molecule has 0 aromatic heterocycles. The van der Waals surface area contributed by atoms with Crippen LogP contribution >= 0.6 is 0 Å². The van der Waals surface area contributed by atoms with Crippen LogP contribution in [0.3, 0.4) is 0 Å². The van der Waals surface area contributed by atoms with Gasteiger partial charge in [-0.3, -0.25) is 4.79 Å². The van der Waals surface area contributed by atoms with Gasteiger partial charge < -0.3 is 15.8 Å². The molecule has 100 valence electrons. The monoisotopic (exact) mass is 254 g/mol. The van der Waals surface area contributed by atoms with E-state index < -0.39 is 11.9 Å². The lowest BCUT2D eigenvalue weighted by Crippen LogP contribution is -2.33. The van der Waals surface area contributed by atoms with Gasteiger partial charge in [0.2, 0.25) is 0 Å². The summed E-state index contributed by atoms with van der Waals surface area (Å²) in [5, 5.41) is 2.47. The molecule has 4 nitrogen and oxygen atoms in total. The van der Waals surface area contributed by atoms with Crippen molar-refractivity contribution in [1.82, 2.24) is 5.32 Å². The van der Waals surface area contributed by atoms with Crippen molar-refractivity contribution < 1.29 is 13.9 Å². The van der Waals surface area contributed by atoms with E-state index in [2.05, 4.69) is 5.32 Å². The Morgan fingerprint density at radius 1 is 1.44 bits per heavy atom. The fraction of sp³-hybridized carbons (Fsp3) is 0.462. The van der Waals surface area contributed by atoms with Gasteiger partial charge in [-0.15, -0.1) is 0 Å². The van der Waals surface area contributed by atoms with Crippen LogP contribution in [0.15, 0.2) is 18.2 Å². The van der Waals surface area contributed by atoms with E-state index in [9.17, 15) is 9.18 Å². The molecule has 1 rings (SSSR count). The summed E-state index contributed by atoms with van der Waals surface area (Å²) in [6, 6.07) is 4.31. The summed E-state index contributed by atoms with van der Waals surface area (Å²) in [6.45, 7) is 3.45. The highest BCUT2D eigenvalue weighted by atomic mass is 19.1. The molecule has 0 aliphatic rings. The van der Waals surface area contributed by atoms with E-state index in [1.54, 1.807) is 13.0 Å². The predicted octanol–water partition coefficient (Wildman–Crippen LogP) is 1.23. The summed E-state index contributed by atoms with van der Waals surface area (Å²) < 4.78 is 18.8. The normalized spacial score (nSPS) is 13.8. The largest absolute Gasteiger partial charge is 0.481 e. The van der Waals surface area contributed by atoms with Gasteiger partial charge in [0, 0.05) is 19.2 Å². The zero-order valence-corrected chi connectivity index (χ0v) is 10.9. The molecule has 0 saturated carbocycles. The molecule has 0 aliphatic heterocycles. The van der Waals surface area contributed by atoms with E-state index in [1.807, 2.05) is 6.92 Å². The maximum Gasteiger partial charge on any atom is 0.260 e. The minimum absolute atomic E-state index is 0.0592. The molecule has 0 heterocycles. The number of amides is 1. The van der Waals surface area contributed by atoms with Gasteiger partial charge in [0.05, 0.1) is 0 Å². The smallest absolute Gasteiger partial charge is 0.260 e. The molecule has 2 unspecified atom stereocenters. The van der Waals surface area contributed by atoms with Crippen LogP contribution in [0.2, 0.25) is 0 Å². The number of nitrogens with two attached hydrogens (primary N) is 1. The van der Waals surface area contributed by atoms with Crippen molar-refractivity contribution in [2.24, 2.45) is 5.73 Å². The molecule has 1 aromatic rings. The Balaban J connectivity index is 2.82. The van der Waals surface area contributed by atoms with E-state index in [-0.39, 0.29) is 11.9 Å². The third-order valence-electron chi connectivity index (χ3n) is 2.42. The van der Waals surface area contributed by atoms with Crippen molar-refractivity contribution in [3.8, 4) is 5.75 Å². The second-order valence-corrected chi connectivity index (χ2v) is 4.35. The highest BCUT2D eigenvalue weighted by molar-refractivity contribution is 5.80. The molecular formula is C13H19FN2O2. The van der Waals surface area contributed by atoms with Crippen molar-refractivity contribution in [2.75, 3.05) is 7.05 Å². The number of carbonyl (C=O) groups excluding carboxylic acids is 1. The Morgan fingerprint density at radius 3 is 2.67 bits per heavy atom. The Bertz CT molecular complexity index is 421. The summed E-state index contributed by atoms with van der Waals surface area (Å²) in [7, 11) is 1.52. The van der Waals surface area contributed by atoms with Crippen LogP contribution in [0.25, 0.3) is 0 Å². The van der Waals surface area contributed by atoms with Crippen LogP contribution in [0.4, 0.5) is 4.39 Å². The summed E-state index contributed by atoms with van der Waals surface area (Å²) in [6.07, 6.45) is -0.109. The van der Waals surface area contributed by atoms with Crippen molar-refractivity contribution in [2.45, 2.75) is 32.4 Å². The summed E-state index contributed by atoms with van der Waals surface area (Å²) in [5.74, 6) is -0.318. The number of halogens is 1. The maximum absolute atomic E-state index is 13.4. The third kappa shape index (κ3) is 4.33. The second-order valence-electron chi connectivity index (χ2n) is 4.35. The SMILES string of the molecule is CNC(=O)C(C)Oc1cc(F)cc(CC(C)N)c1. The average molecular weight is 254 g/mol. The maximum atomic E-state index is 13.4. The molecule has 1 aromatic carbocycles. The lowest BCUT2D eigenvalue weighted by molar-refractivity contribution is -0.126. The first-order valence-corrected chi connectivity index (χ1v) is 5.85. The fourth-order valence-corrected chi connectivity index (χ4v) is 1.64. The van der Waals surface area contributed by atoms with Gasteiger partial charge in [0.15, 0.2) is 6.10 Å². The van der Waals surface area contributed by atoms with Crippen molar-refractivity contribution in [3.63, 3.8) is 0 Å². The van der Waals surface area contributed by atoms with Crippen LogP contribution in [0, 0.1) is 5.82 Å². The molecular weight excluding hydrogens is 235 g/mol. The van der Waals surface area contributed by atoms with Gasteiger partial charge in [0.1, 0.15) is 11.6 Å².